The molecule has 3 heteroatoms. The van der Waals surface area contributed by atoms with Gasteiger partial charge >= 0.3 is 28.4 Å². The second-order valence-corrected chi connectivity index (χ2v) is 15.9. The predicted octanol–water partition coefficient (Wildman–Crippen LogP) is 13.7. The van der Waals surface area contributed by atoms with Gasteiger partial charge in [-0.05, 0) is 40.6 Å². The van der Waals surface area contributed by atoms with E-state index in [0.717, 1.165) is 12.8 Å². The zero-order valence-electron chi connectivity index (χ0n) is 33.2. The zero-order chi connectivity index (χ0) is 36.7. The SMILES string of the molecule is C[C-]1C2=C3Cc4ccccc4C3=C3C=CCCC3C2(C)C(C)(C)C(C)(C)C1(C)C.Cc1c[c-]ccc1.Cc1c[c-]ccc1.Cl.Cl.[C-]1=CC=CC1.[CH2]=[Zr]. The summed E-state index contributed by atoms with van der Waals surface area (Å²) in [4.78, 5) is 0. The van der Waals surface area contributed by atoms with E-state index < -0.39 is 0 Å². The van der Waals surface area contributed by atoms with Gasteiger partial charge in [-0.15, -0.1) is 38.2 Å². The fraction of sp³-hybridized carbons (Fsp3) is 0.388. The van der Waals surface area contributed by atoms with E-state index >= 15 is 0 Å². The van der Waals surface area contributed by atoms with Crippen molar-refractivity contribution in [1.29, 1.82) is 0 Å². The Labute approximate surface area is 345 Å². The Morgan fingerprint density at radius 2 is 1.38 bits per heavy atom. The minimum atomic E-state index is 0. The maximum absolute atomic E-state index is 3.34. The van der Waals surface area contributed by atoms with Crippen LogP contribution < -0.4 is 0 Å². The Balaban J connectivity index is 0.000000331. The summed E-state index contributed by atoms with van der Waals surface area (Å²) < 4.78 is 3.34. The first-order chi connectivity index (χ1) is 23.8. The minimum absolute atomic E-state index is 0. The van der Waals surface area contributed by atoms with Gasteiger partial charge in [0.15, 0.2) is 0 Å². The first-order valence-corrected chi connectivity index (χ1v) is 20.0. The van der Waals surface area contributed by atoms with E-state index in [9.17, 15) is 0 Å². The van der Waals surface area contributed by atoms with Crippen LogP contribution in [-0.2, 0) is 30.7 Å². The van der Waals surface area contributed by atoms with Crippen LogP contribution in [0.5, 0.6) is 0 Å². The molecule has 0 nitrogen and oxygen atoms in total. The van der Waals surface area contributed by atoms with Crippen molar-refractivity contribution in [2.45, 2.75) is 94.9 Å². The summed E-state index contributed by atoms with van der Waals surface area (Å²) in [7, 11) is 0. The molecule has 0 radical (unpaired) electrons. The van der Waals surface area contributed by atoms with Crippen molar-refractivity contribution in [3.63, 3.8) is 0 Å². The van der Waals surface area contributed by atoms with Crippen LogP contribution in [0.4, 0.5) is 0 Å². The summed E-state index contributed by atoms with van der Waals surface area (Å²) in [6, 6.07) is 30.9. The molecule has 2 atom stereocenters. The number of allylic oxidation sites excluding steroid dienone is 10. The van der Waals surface area contributed by atoms with Gasteiger partial charge in [0, 0.05) is 0 Å². The fourth-order valence-corrected chi connectivity index (χ4v) is 8.87. The van der Waals surface area contributed by atoms with Gasteiger partial charge in [0.2, 0.25) is 0 Å². The Kier molecular flexibility index (Phi) is 16.9. The summed E-state index contributed by atoms with van der Waals surface area (Å²) >= 11 is 1.30. The molecule has 5 aliphatic rings. The summed E-state index contributed by atoms with van der Waals surface area (Å²) in [6.07, 6.45) is 18.5. The Morgan fingerprint density at radius 3 is 1.85 bits per heavy atom. The molecule has 2 unspecified atom stereocenters. The third-order valence-electron chi connectivity index (χ3n) is 13.1. The summed E-state index contributed by atoms with van der Waals surface area (Å²) in [6.45, 7) is 24.4. The molecular formula is C49H60Cl2Zr-4. The summed E-state index contributed by atoms with van der Waals surface area (Å²) in [5, 5.41) is 0. The van der Waals surface area contributed by atoms with E-state index in [-0.39, 0.29) is 46.5 Å². The van der Waals surface area contributed by atoms with Crippen molar-refractivity contribution in [3.8, 4) is 0 Å². The molecule has 1 fully saturated rings. The van der Waals surface area contributed by atoms with Gasteiger partial charge in [0.25, 0.3) is 0 Å². The molecule has 0 spiro atoms. The second kappa shape index (κ2) is 19.2. The monoisotopic (exact) mass is 808 g/mol. The molecule has 0 bridgehead atoms. The number of hydrogen-bond acceptors (Lipinski definition) is 0. The third-order valence-corrected chi connectivity index (χ3v) is 13.1. The number of halogens is 2. The van der Waals surface area contributed by atoms with Crippen LogP contribution in [-0.4, -0.2) is 4.21 Å². The molecule has 5 aliphatic carbocycles. The Morgan fingerprint density at radius 1 is 0.788 bits per heavy atom. The summed E-state index contributed by atoms with van der Waals surface area (Å²) in [5.74, 6) is 2.24. The molecule has 0 heterocycles. The van der Waals surface area contributed by atoms with Crippen LogP contribution >= 0.6 is 24.8 Å². The van der Waals surface area contributed by atoms with Crippen molar-refractivity contribution < 1.29 is 24.2 Å². The number of hydrogen-bond donors (Lipinski definition) is 0. The number of benzene rings is 3. The van der Waals surface area contributed by atoms with Crippen LogP contribution in [0.15, 0.2) is 120 Å². The topological polar surface area (TPSA) is 0 Å². The Bertz CT molecular complexity index is 1710. The third kappa shape index (κ3) is 8.59. The van der Waals surface area contributed by atoms with Crippen LogP contribution in [0.1, 0.15) is 96.9 Å². The molecule has 3 aromatic carbocycles. The van der Waals surface area contributed by atoms with Crippen LogP contribution in [0.3, 0.4) is 0 Å². The van der Waals surface area contributed by atoms with E-state index in [1.807, 2.05) is 48.6 Å². The zero-order valence-corrected chi connectivity index (χ0v) is 37.3. The molecule has 0 amide bonds. The molecule has 0 N–H and O–H groups in total. The van der Waals surface area contributed by atoms with Gasteiger partial charge in [-0.3, -0.25) is 6.08 Å². The molecule has 3 aromatic rings. The molecule has 0 aromatic heterocycles. The van der Waals surface area contributed by atoms with Crippen molar-refractivity contribution in [1.82, 2.24) is 0 Å². The molecular weight excluding hydrogens is 751 g/mol. The number of fused-ring (bicyclic) bond motifs is 6. The standard InChI is InChI=1S/C29H37.2C7H7.C5H5.CH2.2ClH.Zr/c1-18-25-22-17-19-13-9-10-14-20(19)24(22)21-15-11-12-16-23(21)29(25,8)28(6,7)27(4,5)26(18,2)3;2*1-7-5-3-2-4-6-7;1-2-4-5-3-1;;;;/h9-11,13-15,23H,12,16-17H2,1-8H3;2*2-3,5-6H,1H3;1-3H,4H2;1H2;2*1H;/q4*-1;;;;. The van der Waals surface area contributed by atoms with Gasteiger partial charge in [0.1, 0.15) is 0 Å². The van der Waals surface area contributed by atoms with Crippen LogP contribution in [0.25, 0.3) is 5.57 Å². The van der Waals surface area contributed by atoms with Crippen molar-refractivity contribution in [2.24, 2.45) is 27.6 Å². The van der Waals surface area contributed by atoms with E-state index in [1.165, 1.54) is 59.3 Å². The first kappa shape index (κ1) is 45.7. The number of aryl methyl sites for hydroxylation is 2. The van der Waals surface area contributed by atoms with E-state index in [0.29, 0.717) is 5.92 Å². The second-order valence-electron chi connectivity index (χ2n) is 15.9. The van der Waals surface area contributed by atoms with Gasteiger partial charge in [-0.2, -0.15) is 89.0 Å². The number of rotatable bonds is 0. The molecule has 0 saturated heterocycles. The maximum atomic E-state index is 3.34. The molecule has 8 rings (SSSR count). The molecule has 1 saturated carbocycles. The average molecular weight is 811 g/mol. The predicted molar refractivity (Wildman–Crippen MR) is 228 cm³/mol. The van der Waals surface area contributed by atoms with Gasteiger partial charge < -0.3 is 0 Å². The molecule has 0 aliphatic heterocycles. The van der Waals surface area contributed by atoms with Gasteiger partial charge in [0.05, 0.1) is 0 Å². The Hall–Kier alpha value is -2.44. The molecule has 278 valence electrons. The summed E-state index contributed by atoms with van der Waals surface area (Å²) in [5.41, 5.74) is 12.8. The van der Waals surface area contributed by atoms with Gasteiger partial charge in [-0.1, -0.05) is 127 Å². The fourth-order valence-electron chi connectivity index (χ4n) is 8.87. The average Bonchev–Trinajstić information content (AvgIpc) is 3.82. The van der Waals surface area contributed by atoms with E-state index in [4.69, 9.17) is 0 Å². The van der Waals surface area contributed by atoms with Crippen molar-refractivity contribution in [3.05, 3.63) is 166 Å². The van der Waals surface area contributed by atoms with Gasteiger partial charge in [-0.25, -0.2) is 18.1 Å². The molecule has 52 heavy (non-hydrogen) atoms. The van der Waals surface area contributed by atoms with E-state index in [1.54, 1.807) is 28.2 Å². The normalized spacial score (nSPS) is 22.6. The quantitative estimate of drug-likeness (QED) is 0.198. The van der Waals surface area contributed by atoms with Crippen LogP contribution in [0.2, 0.25) is 0 Å². The van der Waals surface area contributed by atoms with E-state index in [2.05, 4.69) is 146 Å². The van der Waals surface area contributed by atoms with Crippen molar-refractivity contribution >= 4 is 34.6 Å². The van der Waals surface area contributed by atoms with Crippen molar-refractivity contribution in [2.75, 3.05) is 0 Å². The van der Waals surface area contributed by atoms with Crippen LogP contribution in [0, 0.1) is 65.6 Å². The first-order valence-electron chi connectivity index (χ1n) is 18.3.